The quantitative estimate of drug-likeness (QED) is 0.894. The summed E-state index contributed by atoms with van der Waals surface area (Å²) in [6.07, 6.45) is 0. The van der Waals surface area contributed by atoms with Gasteiger partial charge in [0.15, 0.2) is 0 Å². The van der Waals surface area contributed by atoms with Gasteiger partial charge >= 0.3 is 0 Å². The molecule has 2 aromatic rings. The molecule has 0 spiro atoms. The number of hydrogen-bond acceptors (Lipinski definition) is 2. The topological polar surface area (TPSA) is 58.2 Å². The fourth-order valence-corrected chi connectivity index (χ4v) is 2.33. The first kappa shape index (κ1) is 15.3. The second kappa shape index (κ2) is 7.04. The van der Waals surface area contributed by atoms with Crippen molar-refractivity contribution in [1.29, 1.82) is 0 Å². The van der Waals surface area contributed by atoms with Gasteiger partial charge in [0, 0.05) is 17.1 Å². The molecule has 5 heteroatoms. The van der Waals surface area contributed by atoms with Crippen LogP contribution in [0.2, 0.25) is 0 Å². The molecule has 108 valence electrons. The highest BCUT2D eigenvalue weighted by molar-refractivity contribution is 9.10. The molecule has 0 saturated heterocycles. The lowest BCUT2D eigenvalue weighted by Gasteiger charge is -2.17. The summed E-state index contributed by atoms with van der Waals surface area (Å²) in [6.45, 7) is 0. The predicted octanol–water partition coefficient (Wildman–Crippen LogP) is 2.67. The van der Waals surface area contributed by atoms with Gasteiger partial charge in [-0.1, -0.05) is 52.3 Å². The van der Waals surface area contributed by atoms with Crippen molar-refractivity contribution < 1.29 is 9.59 Å². The van der Waals surface area contributed by atoms with Gasteiger partial charge in [0.1, 0.15) is 6.04 Å². The van der Waals surface area contributed by atoms with Crippen LogP contribution < -0.4 is 10.6 Å². The highest BCUT2D eigenvalue weighted by Gasteiger charge is 2.22. The van der Waals surface area contributed by atoms with Crippen LogP contribution in [0, 0.1) is 0 Å². The molecule has 0 radical (unpaired) electrons. The van der Waals surface area contributed by atoms with Crippen molar-refractivity contribution in [2.24, 2.45) is 0 Å². The molecule has 1 atom stereocenters. The molecule has 4 nitrogen and oxygen atoms in total. The van der Waals surface area contributed by atoms with E-state index in [0.717, 1.165) is 10.0 Å². The predicted molar refractivity (Wildman–Crippen MR) is 84.9 cm³/mol. The lowest BCUT2D eigenvalue weighted by atomic mass is 10.1. The molecule has 1 unspecified atom stereocenters. The highest BCUT2D eigenvalue weighted by Crippen LogP contribution is 2.16. The van der Waals surface area contributed by atoms with E-state index in [-0.39, 0.29) is 11.8 Å². The van der Waals surface area contributed by atoms with Crippen LogP contribution in [0.5, 0.6) is 0 Å². The van der Waals surface area contributed by atoms with Crippen molar-refractivity contribution in [2.75, 3.05) is 7.05 Å². The van der Waals surface area contributed by atoms with Gasteiger partial charge < -0.3 is 10.6 Å². The summed E-state index contributed by atoms with van der Waals surface area (Å²) in [5.41, 5.74) is 1.23. The molecule has 21 heavy (non-hydrogen) atoms. The second-order valence-electron chi connectivity index (χ2n) is 4.44. The van der Waals surface area contributed by atoms with Crippen LogP contribution >= 0.6 is 15.9 Å². The molecule has 0 fully saturated rings. The number of amides is 2. The van der Waals surface area contributed by atoms with Gasteiger partial charge in [-0.15, -0.1) is 0 Å². The normalized spacial score (nSPS) is 11.5. The summed E-state index contributed by atoms with van der Waals surface area (Å²) in [5, 5.41) is 5.32. The minimum atomic E-state index is -0.720. The van der Waals surface area contributed by atoms with E-state index in [0.29, 0.717) is 5.56 Å². The number of nitrogens with one attached hydrogen (secondary N) is 2. The van der Waals surface area contributed by atoms with Gasteiger partial charge in [0.2, 0.25) is 5.91 Å². The SMILES string of the molecule is CNC(=O)C(NC(=O)c1cccc(Br)c1)c1ccccc1. The van der Waals surface area contributed by atoms with Gasteiger partial charge in [-0.25, -0.2) is 0 Å². The van der Waals surface area contributed by atoms with Crippen LogP contribution in [-0.4, -0.2) is 18.9 Å². The molecule has 0 heterocycles. The molecule has 2 N–H and O–H groups in total. The Morgan fingerprint density at radius 1 is 1.05 bits per heavy atom. The summed E-state index contributed by atoms with van der Waals surface area (Å²) in [5.74, 6) is -0.557. The van der Waals surface area contributed by atoms with Gasteiger partial charge in [-0.05, 0) is 23.8 Å². The summed E-state index contributed by atoms with van der Waals surface area (Å²) >= 11 is 3.32. The van der Waals surface area contributed by atoms with Gasteiger partial charge in [0.25, 0.3) is 5.91 Å². The average molecular weight is 347 g/mol. The first-order chi connectivity index (χ1) is 10.1. The number of carbonyl (C=O) groups is 2. The summed E-state index contributed by atoms with van der Waals surface area (Å²) in [7, 11) is 1.55. The van der Waals surface area contributed by atoms with E-state index in [4.69, 9.17) is 0 Å². The largest absolute Gasteiger partial charge is 0.357 e. The zero-order chi connectivity index (χ0) is 15.2. The number of likely N-dealkylation sites (N-methyl/N-ethyl adjacent to an activating group) is 1. The van der Waals surface area contributed by atoms with Gasteiger partial charge in [-0.2, -0.15) is 0 Å². The van der Waals surface area contributed by atoms with Crippen LogP contribution in [0.25, 0.3) is 0 Å². The minimum Gasteiger partial charge on any atom is -0.357 e. The first-order valence-corrected chi connectivity index (χ1v) is 7.24. The fraction of sp³-hybridized carbons (Fsp3) is 0.125. The Balaban J connectivity index is 2.23. The van der Waals surface area contributed by atoms with Crippen LogP contribution in [0.4, 0.5) is 0 Å². The van der Waals surface area contributed by atoms with Crippen molar-refractivity contribution in [1.82, 2.24) is 10.6 Å². The maximum Gasteiger partial charge on any atom is 0.252 e. The smallest absolute Gasteiger partial charge is 0.252 e. The molecular formula is C16H15BrN2O2. The van der Waals surface area contributed by atoms with E-state index in [2.05, 4.69) is 26.6 Å². The van der Waals surface area contributed by atoms with Crippen LogP contribution in [0.3, 0.4) is 0 Å². The van der Waals surface area contributed by atoms with Crippen LogP contribution in [-0.2, 0) is 4.79 Å². The summed E-state index contributed by atoms with van der Waals surface area (Å²) in [4.78, 5) is 24.3. The second-order valence-corrected chi connectivity index (χ2v) is 5.36. The third-order valence-electron chi connectivity index (χ3n) is 3.00. The average Bonchev–Trinajstić information content (AvgIpc) is 2.52. The lowest BCUT2D eigenvalue weighted by molar-refractivity contribution is -0.122. The van der Waals surface area contributed by atoms with Gasteiger partial charge in [0.05, 0.1) is 0 Å². The third kappa shape index (κ3) is 3.92. The Morgan fingerprint density at radius 3 is 2.38 bits per heavy atom. The highest BCUT2D eigenvalue weighted by atomic mass is 79.9. The molecule has 0 aromatic heterocycles. The fourth-order valence-electron chi connectivity index (χ4n) is 1.93. The van der Waals surface area contributed by atoms with Crippen molar-refractivity contribution in [3.05, 3.63) is 70.2 Å². The van der Waals surface area contributed by atoms with E-state index < -0.39 is 6.04 Å². The summed E-state index contributed by atoms with van der Waals surface area (Å²) < 4.78 is 0.811. The Hall–Kier alpha value is -2.14. The number of hydrogen-bond donors (Lipinski definition) is 2. The molecule has 2 amide bonds. The van der Waals surface area contributed by atoms with E-state index in [9.17, 15) is 9.59 Å². The van der Waals surface area contributed by atoms with Crippen LogP contribution in [0.1, 0.15) is 22.0 Å². The van der Waals surface area contributed by atoms with E-state index in [1.165, 1.54) is 0 Å². The Labute approximate surface area is 131 Å². The molecule has 0 saturated carbocycles. The standard InChI is InChI=1S/C16H15BrN2O2/c1-18-16(21)14(11-6-3-2-4-7-11)19-15(20)12-8-5-9-13(17)10-12/h2-10,14H,1H3,(H,18,21)(H,19,20). The van der Waals surface area contributed by atoms with Crippen molar-refractivity contribution in [2.45, 2.75) is 6.04 Å². The Kier molecular flexibility index (Phi) is 5.11. The number of halogens is 1. The molecule has 0 aliphatic heterocycles. The number of rotatable bonds is 4. The van der Waals surface area contributed by atoms with E-state index >= 15 is 0 Å². The third-order valence-corrected chi connectivity index (χ3v) is 3.50. The maximum atomic E-state index is 12.3. The van der Waals surface area contributed by atoms with E-state index in [1.54, 1.807) is 37.4 Å². The number of benzene rings is 2. The van der Waals surface area contributed by atoms with Crippen molar-refractivity contribution in [3.63, 3.8) is 0 Å². The Bertz CT molecular complexity index is 644. The number of carbonyl (C=O) groups excluding carboxylic acids is 2. The molecular weight excluding hydrogens is 332 g/mol. The zero-order valence-corrected chi connectivity index (χ0v) is 13.1. The Morgan fingerprint density at radius 2 is 1.76 bits per heavy atom. The van der Waals surface area contributed by atoms with Crippen LogP contribution in [0.15, 0.2) is 59.1 Å². The minimum absolute atomic E-state index is 0.260. The van der Waals surface area contributed by atoms with Crippen molar-refractivity contribution >= 4 is 27.7 Å². The molecule has 0 aliphatic carbocycles. The molecule has 2 aromatic carbocycles. The zero-order valence-electron chi connectivity index (χ0n) is 11.5. The molecule has 0 aliphatic rings. The first-order valence-electron chi connectivity index (χ1n) is 6.45. The lowest BCUT2D eigenvalue weighted by Crippen LogP contribution is -2.39. The van der Waals surface area contributed by atoms with Crippen molar-refractivity contribution in [3.8, 4) is 0 Å². The monoisotopic (exact) mass is 346 g/mol. The molecule has 0 bridgehead atoms. The maximum absolute atomic E-state index is 12.3. The summed E-state index contributed by atoms with van der Waals surface area (Å²) in [6, 6.07) is 15.4. The van der Waals surface area contributed by atoms with E-state index in [1.807, 2.05) is 24.3 Å². The van der Waals surface area contributed by atoms with Gasteiger partial charge in [-0.3, -0.25) is 9.59 Å². The molecule has 2 rings (SSSR count).